The molecule has 0 bridgehead atoms. The van der Waals surface area contributed by atoms with Crippen LogP contribution < -0.4 is 14.5 Å². The van der Waals surface area contributed by atoms with Crippen molar-refractivity contribution >= 4 is 23.3 Å². The predicted molar refractivity (Wildman–Crippen MR) is 138 cm³/mol. The van der Waals surface area contributed by atoms with Crippen LogP contribution in [0.15, 0.2) is 48.5 Å². The van der Waals surface area contributed by atoms with Gasteiger partial charge in [-0.2, -0.15) is 0 Å². The van der Waals surface area contributed by atoms with Gasteiger partial charge in [-0.15, -0.1) is 0 Å². The molecular weight excluding hydrogens is 442 g/mol. The van der Waals surface area contributed by atoms with Crippen LogP contribution in [-0.4, -0.2) is 70.3 Å². The third kappa shape index (κ3) is 5.96. The van der Waals surface area contributed by atoms with Crippen LogP contribution >= 0.6 is 0 Å². The van der Waals surface area contributed by atoms with Crippen LogP contribution in [0.4, 0.5) is 11.4 Å². The molecule has 4 rings (SSSR count). The van der Waals surface area contributed by atoms with E-state index in [2.05, 4.69) is 15.9 Å². The summed E-state index contributed by atoms with van der Waals surface area (Å²) in [5.41, 5.74) is 2.22. The van der Waals surface area contributed by atoms with Crippen LogP contribution in [0.2, 0.25) is 0 Å². The van der Waals surface area contributed by atoms with Crippen LogP contribution in [0.1, 0.15) is 42.5 Å². The van der Waals surface area contributed by atoms with Crippen molar-refractivity contribution in [1.82, 2.24) is 4.90 Å². The SMILES string of the molecule is COC(=O)c1ccccc1N(CCN1CCN(c2ccccc2OC)CC1)C(=O)C1CCCCC1. The Morgan fingerprint density at radius 3 is 2.31 bits per heavy atom. The summed E-state index contributed by atoms with van der Waals surface area (Å²) >= 11 is 0. The van der Waals surface area contributed by atoms with Gasteiger partial charge >= 0.3 is 5.97 Å². The van der Waals surface area contributed by atoms with Crippen molar-refractivity contribution in [2.45, 2.75) is 32.1 Å². The summed E-state index contributed by atoms with van der Waals surface area (Å²) in [5.74, 6) is 0.641. The number of esters is 1. The number of benzene rings is 2. The molecule has 1 saturated heterocycles. The Kier molecular flexibility index (Phi) is 8.64. The maximum Gasteiger partial charge on any atom is 0.339 e. The zero-order chi connectivity index (χ0) is 24.6. The van der Waals surface area contributed by atoms with E-state index in [1.165, 1.54) is 13.5 Å². The van der Waals surface area contributed by atoms with Gasteiger partial charge in [-0.05, 0) is 37.1 Å². The lowest BCUT2D eigenvalue weighted by Gasteiger charge is -2.38. The van der Waals surface area contributed by atoms with Gasteiger partial charge in [-0.1, -0.05) is 43.5 Å². The first-order valence-electron chi connectivity index (χ1n) is 12.7. The number of piperazine rings is 1. The maximum atomic E-state index is 13.7. The van der Waals surface area contributed by atoms with Gasteiger partial charge in [0.2, 0.25) is 5.91 Å². The maximum absolute atomic E-state index is 13.7. The molecule has 0 unspecified atom stereocenters. The molecule has 1 aliphatic carbocycles. The second-order valence-electron chi connectivity index (χ2n) is 9.33. The lowest BCUT2D eigenvalue weighted by atomic mass is 9.88. The van der Waals surface area contributed by atoms with Crippen molar-refractivity contribution in [3.05, 3.63) is 54.1 Å². The highest BCUT2D eigenvalue weighted by molar-refractivity contribution is 6.03. The van der Waals surface area contributed by atoms with E-state index in [-0.39, 0.29) is 11.8 Å². The van der Waals surface area contributed by atoms with Crippen LogP contribution in [0.5, 0.6) is 5.75 Å². The molecular formula is C28H37N3O4. The molecule has 35 heavy (non-hydrogen) atoms. The molecule has 188 valence electrons. The molecule has 0 aromatic heterocycles. The highest BCUT2D eigenvalue weighted by Gasteiger charge is 2.30. The largest absolute Gasteiger partial charge is 0.495 e. The van der Waals surface area contributed by atoms with E-state index >= 15 is 0 Å². The van der Waals surface area contributed by atoms with Gasteiger partial charge in [0.1, 0.15) is 5.75 Å². The molecule has 0 atom stereocenters. The molecule has 1 amide bonds. The van der Waals surface area contributed by atoms with Crippen LogP contribution in [0, 0.1) is 5.92 Å². The second-order valence-corrected chi connectivity index (χ2v) is 9.33. The zero-order valence-electron chi connectivity index (χ0n) is 20.9. The highest BCUT2D eigenvalue weighted by atomic mass is 16.5. The molecule has 2 aromatic carbocycles. The van der Waals surface area contributed by atoms with Crippen molar-refractivity contribution < 1.29 is 19.1 Å². The number of para-hydroxylation sites is 3. The zero-order valence-corrected chi connectivity index (χ0v) is 20.9. The third-order valence-electron chi connectivity index (χ3n) is 7.26. The standard InChI is InChI=1S/C28H37N3O4/c1-34-26-15-9-8-14-25(26)30-19-16-29(17-20-30)18-21-31(27(32)22-10-4-3-5-11-22)24-13-7-6-12-23(24)28(33)35-2/h6-9,12-15,22H,3-5,10-11,16-21H2,1-2H3. The van der Waals surface area contributed by atoms with E-state index in [0.29, 0.717) is 17.8 Å². The number of carbonyl (C=O) groups excluding carboxylic acids is 2. The number of anilines is 2. The third-order valence-corrected chi connectivity index (χ3v) is 7.26. The molecule has 2 aliphatic rings. The summed E-state index contributed by atoms with van der Waals surface area (Å²) in [7, 11) is 3.09. The minimum absolute atomic E-state index is 0.0249. The van der Waals surface area contributed by atoms with Crippen LogP contribution in [0.3, 0.4) is 0 Å². The smallest absolute Gasteiger partial charge is 0.339 e. The lowest BCUT2D eigenvalue weighted by Crippen LogP contribution is -2.50. The summed E-state index contributed by atoms with van der Waals surface area (Å²) in [4.78, 5) is 32.7. The van der Waals surface area contributed by atoms with E-state index in [0.717, 1.165) is 69.8 Å². The molecule has 7 nitrogen and oxygen atoms in total. The number of hydrogen-bond acceptors (Lipinski definition) is 6. The van der Waals surface area contributed by atoms with Crippen molar-refractivity contribution in [2.24, 2.45) is 5.92 Å². The van der Waals surface area contributed by atoms with Gasteiger partial charge in [-0.25, -0.2) is 4.79 Å². The number of rotatable bonds is 8. The Balaban J connectivity index is 1.46. The van der Waals surface area contributed by atoms with Crippen molar-refractivity contribution in [3.8, 4) is 5.75 Å². The minimum Gasteiger partial charge on any atom is -0.495 e. The lowest BCUT2D eigenvalue weighted by molar-refractivity contribution is -0.123. The Bertz CT molecular complexity index is 997. The summed E-state index contributed by atoms with van der Waals surface area (Å²) in [5, 5.41) is 0. The molecule has 0 N–H and O–H groups in total. The quantitative estimate of drug-likeness (QED) is 0.529. The van der Waals surface area contributed by atoms with Gasteiger partial charge in [-0.3, -0.25) is 9.69 Å². The fourth-order valence-corrected chi connectivity index (χ4v) is 5.26. The van der Waals surface area contributed by atoms with Crippen molar-refractivity contribution in [3.63, 3.8) is 0 Å². The fraction of sp³-hybridized carbons (Fsp3) is 0.500. The summed E-state index contributed by atoms with van der Waals surface area (Å²) in [6.07, 6.45) is 5.22. The Morgan fingerprint density at radius 1 is 0.914 bits per heavy atom. The van der Waals surface area contributed by atoms with Gasteiger partial charge in [0, 0.05) is 45.2 Å². The predicted octanol–water partition coefficient (Wildman–Crippen LogP) is 4.22. The van der Waals surface area contributed by atoms with E-state index in [1.54, 1.807) is 13.2 Å². The first-order chi connectivity index (χ1) is 17.1. The van der Waals surface area contributed by atoms with Crippen molar-refractivity contribution in [2.75, 3.05) is 63.3 Å². The van der Waals surface area contributed by atoms with Gasteiger partial charge in [0.15, 0.2) is 0 Å². The average molecular weight is 480 g/mol. The molecule has 1 heterocycles. The number of ether oxygens (including phenoxy) is 2. The van der Waals surface area contributed by atoms with Crippen molar-refractivity contribution in [1.29, 1.82) is 0 Å². The number of methoxy groups -OCH3 is 2. The van der Waals surface area contributed by atoms with E-state index in [1.807, 2.05) is 41.3 Å². The number of nitrogens with zero attached hydrogens (tertiary/aromatic N) is 3. The number of amides is 1. The van der Waals surface area contributed by atoms with E-state index < -0.39 is 5.97 Å². The normalized spacial score (nSPS) is 17.1. The topological polar surface area (TPSA) is 62.3 Å². The fourth-order valence-electron chi connectivity index (χ4n) is 5.26. The monoisotopic (exact) mass is 479 g/mol. The Hall–Kier alpha value is -3.06. The average Bonchev–Trinajstić information content (AvgIpc) is 2.93. The highest BCUT2D eigenvalue weighted by Crippen LogP contribution is 2.30. The number of carbonyl (C=O) groups is 2. The molecule has 2 fully saturated rings. The summed E-state index contributed by atoms with van der Waals surface area (Å²) in [6.45, 7) is 4.92. The van der Waals surface area contributed by atoms with E-state index in [4.69, 9.17) is 9.47 Å². The first-order valence-corrected chi connectivity index (χ1v) is 12.7. The molecule has 0 spiro atoms. The van der Waals surface area contributed by atoms with Gasteiger partial charge in [0.25, 0.3) is 0 Å². The Morgan fingerprint density at radius 2 is 1.60 bits per heavy atom. The summed E-state index contributed by atoms with van der Waals surface area (Å²) in [6, 6.07) is 15.4. The molecule has 1 aliphatic heterocycles. The van der Waals surface area contributed by atoms with Crippen LogP contribution in [0.25, 0.3) is 0 Å². The Labute approximate surface area is 208 Å². The molecule has 7 heteroatoms. The molecule has 0 radical (unpaired) electrons. The van der Waals surface area contributed by atoms with E-state index in [9.17, 15) is 9.59 Å². The first kappa shape index (κ1) is 25.0. The molecule has 2 aromatic rings. The minimum atomic E-state index is -0.410. The van der Waals surface area contributed by atoms with Gasteiger partial charge < -0.3 is 19.3 Å². The number of hydrogen-bond donors (Lipinski definition) is 0. The molecule has 1 saturated carbocycles. The van der Waals surface area contributed by atoms with Crippen LogP contribution in [-0.2, 0) is 9.53 Å². The van der Waals surface area contributed by atoms with Gasteiger partial charge in [0.05, 0.1) is 31.2 Å². The summed E-state index contributed by atoms with van der Waals surface area (Å²) < 4.78 is 10.6. The second kappa shape index (κ2) is 12.1.